The van der Waals surface area contributed by atoms with Crippen LogP contribution in [0.5, 0.6) is 0 Å². The number of carbonyl (C=O) groups is 1. The molecule has 1 aromatic carbocycles. The first-order chi connectivity index (χ1) is 9.63. The smallest absolute Gasteiger partial charge is 0.318 e. The molecular formula is C12H9N5O3. The van der Waals surface area contributed by atoms with Crippen LogP contribution >= 0.6 is 0 Å². The van der Waals surface area contributed by atoms with Gasteiger partial charge in [0.2, 0.25) is 5.95 Å². The molecule has 0 aliphatic rings. The van der Waals surface area contributed by atoms with Gasteiger partial charge in [-0.05, 0) is 12.1 Å². The standard InChI is InChI=1S/C12H9N5O3/c18-9(6-4-2-1-3-5-6)16-11-13-7-8(14-11)15-12(20)17-10(7)19/h1-5H,(H4,13,14,15,16,17,18,19,20). The van der Waals surface area contributed by atoms with Crippen molar-refractivity contribution >= 4 is 23.0 Å². The van der Waals surface area contributed by atoms with E-state index in [1.807, 2.05) is 0 Å². The van der Waals surface area contributed by atoms with Crippen molar-refractivity contribution in [2.75, 3.05) is 5.32 Å². The maximum Gasteiger partial charge on any atom is 0.327 e. The molecule has 0 atom stereocenters. The van der Waals surface area contributed by atoms with Gasteiger partial charge in [-0.3, -0.25) is 24.9 Å². The molecule has 100 valence electrons. The van der Waals surface area contributed by atoms with Crippen LogP contribution in [-0.2, 0) is 0 Å². The Labute approximate surface area is 110 Å². The summed E-state index contributed by atoms with van der Waals surface area (Å²) in [6.07, 6.45) is 0. The van der Waals surface area contributed by atoms with Crippen LogP contribution in [0, 0.1) is 0 Å². The molecule has 8 heteroatoms. The summed E-state index contributed by atoms with van der Waals surface area (Å²) >= 11 is 0. The second-order valence-corrected chi connectivity index (χ2v) is 4.04. The van der Waals surface area contributed by atoms with Gasteiger partial charge in [-0.15, -0.1) is 0 Å². The van der Waals surface area contributed by atoms with Gasteiger partial charge in [-0.2, -0.15) is 4.98 Å². The summed E-state index contributed by atoms with van der Waals surface area (Å²) in [4.78, 5) is 45.5. The molecule has 0 aliphatic carbocycles. The molecule has 2 heterocycles. The Morgan fingerprint density at radius 2 is 1.80 bits per heavy atom. The summed E-state index contributed by atoms with van der Waals surface area (Å²) < 4.78 is 0. The van der Waals surface area contributed by atoms with Crippen molar-refractivity contribution in [3.05, 3.63) is 56.7 Å². The van der Waals surface area contributed by atoms with Crippen LogP contribution in [0.1, 0.15) is 10.4 Å². The number of aromatic nitrogens is 4. The van der Waals surface area contributed by atoms with Crippen molar-refractivity contribution in [1.29, 1.82) is 0 Å². The van der Waals surface area contributed by atoms with Crippen LogP contribution in [0.25, 0.3) is 11.2 Å². The predicted molar refractivity (Wildman–Crippen MR) is 71.7 cm³/mol. The number of imidazole rings is 1. The number of nitrogens with one attached hydrogen (secondary N) is 4. The molecule has 1 amide bonds. The van der Waals surface area contributed by atoms with E-state index in [-0.39, 0.29) is 23.0 Å². The highest BCUT2D eigenvalue weighted by molar-refractivity contribution is 6.03. The van der Waals surface area contributed by atoms with E-state index in [1.165, 1.54) is 0 Å². The summed E-state index contributed by atoms with van der Waals surface area (Å²) in [5.74, 6) is -0.287. The van der Waals surface area contributed by atoms with Crippen LogP contribution in [0.2, 0.25) is 0 Å². The minimum Gasteiger partial charge on any atom is -0.318 e. The molecule has 2 aromatic heterocycles. The third kappa shape index (κ3) is 2.09. The number of carbonyl (C=O) groups excluding carboxylic acids is 1. The van der Waals surface area contributed by atoms with Gasteiger partial charge >= 0.3 is 5.69 Å². The zero-order valence-electron chi connectivity index (χ0n) is 10.1. The highest BCUT2D eigenvalue weighted by Gasteiger charge is 2.11. The molecule has 0 unspecified atom stereocenters. The Morgan fingerprint density at radius 3 is 2.55 bits per heavy atom. The lowest BCUT2D eigenvalue weighted by atomic mass is 10.2. The average Bonchev–Trinajstić information content (AvgIpc) is 2.82. The van der Waals surface area contributed by atoms with Crippen LogP contribution in [0.3, 0.4) is 0 Å². The number of rotatable bonds is 2. The minimum atomic E-state index is -0.657. The summed E-state index contributed by atoms with van der Waals surface area (Å²) in [5, 5.41) is 2.51. The Morgan fingerprint density at radius 1 is 1.05 bits per heavy atom. The second-order valence-electron chi connectivity index (χ2n) is 4.04. The number of H-pyrrole nitrogens is 3. The highest BCUT2D eigenvalue weighted by atomic mass is 16.2. The van der Waals surface area contributed by atoms with Crippen molar-refractivity contribution in [2.45, 2.75) is 0 Å². The first-order valence-electron chi connectivity index (χ1n) is 5.72. The molecule has 4 N–H and O–H groups in total. The van der Waals surface area contributed by atoms with Gasteiger partial charge in [0.05, 0.1) is 0 Å². The second kappa shape index (κ2) is 4.50. The van der Waals surface area contributed by atoms with Crippen LogP contribution in [-0.4, -0.2) is 25.8 Å². The lowest BCUT2D eigenvalue weighted by Crippen LogP contribution is -2.21. The van der Waals surface area contributed by atoms with Gasteiger partial charge in [0, 0.05) is 5.56 Å². The fourth-order valence-electron chi connectivity index (χ4n) is 1.76. The van der Waals surface area contributed by atoms with E-state index in [0.717, 1.165) is 0 Å². The van der Waals surface area contributed by atoms with Crippen molar-refractivity contribution in [2.24, 2.45) is 0 Å². The summed E-state index contributed by atoms with van der Waals surface area (Å²) in [5.41, 5.74) is -0.628. The zero-order chi connectivity index (χ0) is 14.1. The highest BCUT2D eigenvalue weighted by Crippen LogP contribution is 2.08. The lowest BCUT2D eigenvalue weighted by molar-refractivity contribution is 0.102. The molecule has 3 rings (SSSR count). The van der Waals surface area contributed by atoms with Crippen molar-refractivity contribution in [3.8, 4) is 0 Å². The number of nitrogens with zero attached hydrogens (tertiary/aromatic N) is 1. The van der Waals surface area contributed by atoms with Crippen LogP contribution in [0.15, 0.2) is 39.9 Å². The fourth-order valence-corrected chi connectivity index (χ4v) is 1.76. The Hall–Kier alpha value is -3.16. The topological polar surface area (TPSA) is 123 Å². The zero-order valence-corrected chi connectivity index (χ0v) is 10.1. The van der Waals surface area contributed by atoms with Gasteiger partial charge in [-0.1, -0.05) is 18.2 Å². The third-order valence-electron chi connectivity index (χ3n) is 2.66. The van der Waals surface area contributed by atoms with E-state index < -0.39 is 11.2 Å². The molecule has 0 fully saturated rings. The largest absolute Gasteiger partial charge is 0.327 e. The first-order valence-corrected chi connectivity index (χ1v) is 5.72. The average molecular weight is 271 g/mol. The molecule has 20 heavy (non-hydrogen) atoms. The summed E-state index contributed by atoms with van der Waals surface area (Å²) in [7, 11) is 0. The SMILES string of the molecule is O=C(Nc1nc2[nH]c(=O)[nH]c(=O)c2[nH]1)c1ccccc1. The van der Waals surface area contributed by atoms with Crippen molar-refractivity contribution < 1.29 is 4.79 Å². The molecular weight excluding hydrogens is 262 g/mol. The third-order valence-corrected chi connectivity index (χ3v) is 2.66. The van der Waals surface area contributed by atoms with E-state index in [9.17, 15) is 14.4 Å². The maximum absolute atomic E-state index is 11.9. The van der Waals surface area contributed by atoms with Gasteiger partial charge in [0.1, 0.15) is 0 Å². The molecule has 8 nitrogen and oxygen atoms in total. The van der Waals surface area contributed by atoms with Gasteiger partial charge in [0.25, 0.3) is 11.5 Å². The van der Waals surface area contributed by atoms with E-state index >= 15 is 0 Å². The number of benzene rings is 1. The number of anilines is 1. The summed E-state index contributed by atoms with van der Waals surface area (Å²) in [6.45, 7) is 0. The number of amides is 1. The minimum absolute atomic E-state index is 0.0844. The monoisotopic (exact) mass is 271 g/mol. The van der Waals surface area contributed by atoms with Crippen molar-refractivity contribution in [3.63, 3.8) is 0 Å². The lowest BCUT2D eigenvalue weighted by Gasteiger charge is -2.00. The van der Waals surface area contributed by atoms with Gasteiger partial charge in [-0.25, -0.2) is 4.79 Å². The Kier molecular flexibility index (Phi) is 2.68. The van der Waals surface area contributed by atoms with Crippen LogP contribution < -0.4 is 16.6 Å². The molecule has 0 spiro atoms. The van der Waals surface area contributed by atoms with E-state index in [2.05, 4.69) is 25.3 Å². The normalized spacial score (nSPS) is 10.6. The molecule has 0 radical (unpaired) electrons. The number of hydrogen-bond acceptors (Lipinski definition) is 4. The van der Waals surface area contributed by atoms with E-state index in [4.69, 9.17) is 0 Å². The molecule has 0 saturated heterocycles. The Bertz CT molecular complexity index is 891. The fraction of sp³-hybridized carbons (Fsp3) is 0. The van der Waals surface area contributed by atoms with Crippen molar-refractivity contribution in [1.82, 2.24) is 19.9 Å². The Balaban J connectivity index is 1.96. The summed E-state index contributed by atoms with van der Waals surface area (Å²) in [6, 6.07) is 8.55. The molecule has 0 aliphatic heterocycles. The number of fused-ring (bicyclic) bond motifs is 1. The van der Waals surface area contributed by atoms with E-state index in [0.29, 0.717) is 5.56 Å². The number of aromatic amines is 3. The quantitative estimate of drug-likeness (QED) is 0.531. The molecule has 3 aromatic rings. The predicted octanol–water partition coefficient (Wildman–Crippen LogP) is 0.192. The first kappa shape index (κ1) is 11.9. The van der Waals surface area contributed by atoms with Crippen LogP contribution in [0.4, 0.5) is 5.95 Å². The maximum atomic E-state index is 11.9. The number of hydrogen-bond donors (Lipinski definition) is 4. The molecule has 0 bridgehead atoms. The van der Waals surface area contributed by atoms with E-state index in [1.54, 1.807) is 30.3 Å². The molecule has 0 saturated carbocycles. The van der Waals surface area contributed by atoms with Gasteiger partial charge < -0.3 is 4.98 Å². The van der Waals surface area contributed by atoms with Gasteiger partial charge in [0.15, 0.2) is 11.2 Å².